The Morgan fingerprint density at radius 2 is 1.88 bits per heavy atom. The summed E-state index contributed by atoms with van der Waals surface area (Å²) in [5.41, 5.74) is 1.48. The van der Waals surface area contributed by atoms with Crippen LogP contribution in [0.15, 0.2) is 34.9 Å². The first-order valence-electron chi connectivity index (χ1n) is 8.00. The van der Waals surface area contributed by atoms with Crippen molar-refractivity contribution in [2.75, 3.05) is 18.4 Å². The minimum atomic E-state index is -0.271. The monoisotopic (exact) mass is 346 g/mol. The molecule has 1 fully saturated rings. The third-order valence-electron chi connectivity index (χ3n) is 4.20. The van der Waals surface area contributed by atoms with Crippen molar-refractivity contribution in [3.8, 4) is 0 Å². The fourth-order valence-electron chi connectivity index (χ4n) is 2.85. The number of carbonyl (C=O) groups is 2. The summed E-state index contributed by atoms with van der Waals surface area (Å²) in [6.07, 6.45) is 4.69. The Bertz CT molecular complexity index is 763. The van der Waals surface area contributed by atoms with Gasteiger partial charge in [-0.05, 0) is 50.5 Å². The largest absolute Gasteiger partial charge is 0.469 e. The number of halogens is 1. The lowest BCUT2D eigenvalue weighted by Gasteiger charge is -2.27. The van der Waals surface area contributed by atoms with Gasteiger partial charge in [-0.3, -0.25) is 9.59 Å². The molecule has 1 saturated heterocycles. The number of nitrogens with zero attached hydrogens (tertiary/aromatic N) is 1. The molecule has 2 aromatic rings. The molecule has 2 heterocycles. The molecule has 0 aliphatic carbocycles. The Morgan fingerprint density at radius 3 is 2.50 bits per heavy atom. The van der Waals surface area contributed by atoms with E-state index in [1.807, 2.05) is 4.90 Å². The van der Waals surface area contributed by atoms with Crippen LogP contribution in [0.25, 0.3) is 0 Å². The van der Waals surface area contributed by atoms with Crippen LogP contribution >= 0.6 is 11.6 Å². The quantitative estimate of drug-likeness (QED) is 0.909. The van der Waals surface area contributed by atoms with Gasteiger partial charge in [-0.15, -0.1) is 0 Å². The van der Waals surface area contributed by atoms with Crippen molar-refractivity contribution >= 4 is 29.1 Å². The molecule has 0 saturated carbocycles. The summed E-state index contributed by atoms with van der Waals surface area (Å²) in [6.45, 7) is 3.27. The SMILES string of the molecule is Cc1occc1C(=O)Nc1ccc(C(=O)N2CCCCC2)c(Cl)c1. The van der Waals surface area contributed by atoms with Gasteiger partial charge < -0.3 is 14.6 Å². The van der Waals surface area contributed by atoms with Crippen molar-refractivity contribution in [2.45, 2.75) is 26.2 Å². The molecular formula is C18H19ClN2O3. The van der Waals surface area contributed by atoms with Crippen LogP contribution in [-0.2, 0) is 0 Å². The molecule has 1 aliphatic rings. The summed E-state index contributed by atoms with van der Waals surface area (Å²) in [5.74, 6) is 0.228. The van der Waals surface area contributed by atoms with Gasteiger partial charge in [-0.25, -0.2) is 0 Å². The van der Waals surface area contributed by atoms with Crippen LogP contribution in [-0.4, -0.2) is 29.8 Å². The first-order chi connectivity index (χ1) is 11.6. The predicted octanol–water partition coefficient (Wildman–Crippen LogP) is 4.12. The minimum Gasteiger partial charge on any atom is -0.469 e. The van der Waals surface area contributed by atoms with Gasteiger partial charge in [0, 0.05) is 18.8 Å². The van der Waals surface area contributed by atoms with Crippen LogP contribution in [0, 0.1) is 6.92 Å². The van der Waals surface area contributed by atoms with Gasteiger partial charge >= 0.3 is 0 Å². The van der Waals surface area contributed by atoms with Gasteiger partial charge in [0.25, 0.3) is 11.8 Å². The van der Waals surface area contributed by atoms with E-state index in [-0.39, 0.29) is 11.8 Å². The van der Waals surface area contributed by atoms with Crippen LogP contribution in [0.1, 0.15) is 45.7 Å². The average Bonchev–Trinajstić information content (AvgIpc) is 3.01. The fourth-order valence-corrected chi connectivity index (χ4v) is 3.11. The third kappa shape index (κ3) is 3.46. The molecular weight excluding hydrogens is 328 g/mol. The number of piperidine rings is 1. The van der Waals surface area contributed by atoms with E-state index in [2.05, 4.69) is 5.32 Å². The molecule has 0 unspecified atom stereocenters. The highest BCUT2D eigenvalue weighted by molar-refractivity contribution is 6.34. The fraction of sp³-hybridized carbons (Fsp3) is 0.333. The second-order valence-electron chi connectivity index (χ2n) is 5.89. The molecule has 0 bridgehead atoms. The molecule has 1 N–H and O–H groups in total. The maximum atomic E-state index is 12.5. The standard InChI is InChI=1S/C18H19ClN2O3/c1-12-14(7-10-24-12)17(22)20-13-5-6-15(16(19)11-13)18(23)21-8-3-2-4-9-21/h5-7,10-11H,2-4,8-9H2,1H3,(H,20,22). The van der Waals surface area contributed by atoms with E-state index in [0.29, 0.717) is 27.6 Å². The van der Waals surface area contributed by atoms with E-state index in [0.717, 1.165) is 32.4 Å². The van der Waals surface area contributed by atoms with Gasteiger partial charge in [-0.1, -0.05) is 11.6 Å². The van der Waals surface area contributed by atoms with Crippen LogP contribution in [0.2, 0.25) is 5.02 Å². The van der Waals surface area contributed by atoms with Crippen molar-refractivity contribution in [1.82, 2.24) is 4.90 Å². The maximum absolute atomic E-state index is 12.5. The van der Waals surface area contributed by atoms with Gasteiger partial charge in [0.15, 0.2) is 0 Å². The summed E-state index contributed by atoms with van der Waals surface area (Å²) in [5, 5.41) is 3.10. The number of rotatable bonds is 3. The number of hydrogen-bond donors (Lipinski definition) is 1. The van der Waals surface area contributed by atoms with E-state index >= 15 is 0 Å². The Kier molecular flexibility index (Phi) is 4.90. The van der Waals surface area contributed by atoms with Crippen molar-refractivity contribution in [3.05, 3.63) is 52.4 Å². The Morgan fingerprint density at radius 1 is 1.12 bits per heavy atom. The maximum Gasteiger partial charge on any atom is 0.259 e. The zero-order valence-electron chi connectivity index (χ0n) is 13.5. The zero-order valence-corrected chi connectivity index (χ0v) is 14.2. The van der Waals surface area contributed by atoms with Crippen molar-refractivity contribution in [1.29, 1.82) is 0 Å². The molecule has 6 heteroatoms. The molecule has 126 valence electrons. The topological polar surface area (TPSA) is 62.6 Å². The number of aryl methyl sites for hydroxylation is 1. The second kappa shape index (κ2) is 7.09. The van der Waals surface area contributed by atoms with Gasteiger partial charge in [0.05, 0.1) is 22.4 Å². The Labute approximate surface area is 145 Å². The summed E-state index contributed by atoms with van der Waals surface area (Å²) < 4.78 is 5.13. The lowest BCUT2D eigenvalue weighted by atomic mass is 10.1. The predicted molar refractivity (Wildman–Crippen MR) is 92.6 cm³/mol. The zero-order chi connectivity index (χ0) is 17.1. The molecule has 1 aliphatic heterocycles. The third-order valence-corrected chi connectivity index (χ3v) is 4.52. The molecule has 1 aromatic heterocycles. The first kappa shape index (κ1) is 16.6. The molecule has 1 aromatic carbocycles. The smallest absolute Gasteiger partial charge is 0.259 e. The average molecular weight is 347 g/mol. The lowest BCUT2D eigenvalue weighted by molar-refractivity contribution is 0.0724. The summed E-state index contributed by atoms with van der Waals surface area (Å²) in [6, 6.07) is 6.57. The van der Waals surface area contributed by atoms with E-state index in [4.69, 9.17) is 16.0 Å². The number of likely N-dealkylation sites (tertiary alicyclic amines) is 1. The number of carbonyl (C=O) groups excluding carboxylic acids is 2. The van der Waals surface area contributed by atoms with Crippen LogP contribution in [0.3, 0.4) is 0 Å². The molecule has 0 spiro atoms. The summed E-state index contributed by atoms with van der Waals surface area (Å²) in [7, 11) is 0. The molecule has 3 rings (SSSR count). The van der Waals surface area contributed by atoms with E-state index < -0.39 is 0 Å². The number of nitrogens with one attached hydrogen (secondary N) is 1. The van der Waals surface area contributed by atoms with Crippen LogP contribution < -0.4 is 5.32 Å². The molecule has 24 heavy (non-hydrogen) atoms. The first-order valence-corrected chi connectivity index (χ1v) is 8.38. The van der Waals surface area contributed by atoms with Crippen molar-refractivity contribution in [3.63, 3.8) is 0 Å². The van der Waals surface area contributed by atoms with E-state index in [9.17, 15) is 9.59 Å². The number of amides is 2. The normalized spacial score (nSPS) is 14.5. The highest BCUT2D eigenvalue weighted by Crippen LogP contribution is 2.24. The Balaban J connectivity index is 1.73. The van der Waals surface area contributed by atoms with Gasteiger partial charge in [0.2, 0.25) is 0 Å². The molecule has 0 atom stereocenters. The highest BCUT2D eigenvalue weighted by atomic mass is 35.5. The number of furan rings is 1. The van der Waals surface area contributed by atoms with E-state index in [1.165, 1.54) is 6.26 Å². The highest BCUT2D eigenvalue weighted by Gasteiger charge is 2.21. The number of benzene rings is 1. The number of anilines is 1. The summed E-state index contributed by atoms with van der Waals surface area (Å²) in [4.78, 5) is 26.5. The van der Waals surface area contributed by atoms with Crippen LogP contribution in [0.5, 0.6) is 0 Å². The van der Waals surface area contributed by atoms with Crippen molar-refractivity contribution < 1.29 is 14.0 Å². The Hall–Kier alpha value is -2.27. The number of hydrogen-bond acceptors (Lipinski definition) is 3. The van der Waals surface area contributed by atoms with Gasteiger partial charge in [-0.2, -0.15) is 0 Å². The minimum absolute atomic E-state index is 0.0525. The van der Waals surface area contributed by atoms with E-state index in [1.54, 1.807) is 31.2 Å². The molecule has 5 nitrogen and oxygen atoms in total. The summed E-state index contributed by atoms with van der Waals surface area (Å²) >= 11 is 6.27. The van der Waals surface area contributed by atoms with Crippen molar-refractivity contribution in [2.24, 2.45) is 0 Å². The second-order valence-corrected chi connectivity index (χ2v) is 6.30. The van der Waals surface area contributed by atoms with Gasteiger partial charge in [0.1, 0.15) is 5.76 Å². The molecule has 0 radical (unpaired) electrons. The molecule has 2 amide bonds. The lowest BCUT2D eigenvalue weighted by Crippen LogP contribution is -2.35. The van der Waals surface area contributed by atoms with Crippen LogP contribution in [0.4, 0.5) is 5.69 Å².